The molecular weight excluding hydrogens is 304 g/mol. The van der Waals surface area contributed by atoms with Gasteiger partial charge in [0.05, 0.1) is 0 Å². The van der Waals surface area contributed by atoms with Crippen molar-refractivity contribution < 1.29 is 8.42 Å². The molecule has 1 fully saturated rings. The minimum Gasteiger partial charge on any atom is -0.310 e. The second-order valence-corrected chi connectivity index (χ2v) is 9.49. The van der Waals surface area contributed by atoms with Crippen LogP contribution in [-0.2, 0) is 16.6 Å². The topological polar surface area (TPSA) is 58.2 Å². The third kappa shape index (κ3) is 4.77. The first-order valence-electron chi connectivity index (χ1n) is 7.69. The molecule has 1 aliphatic carbocycles. The molecule has 1 aromatic rings. The van der Waals surface area contributed by atoms with E-state index in [0.29, 0.717) is 16.8 Å². The number of nitrogens with one attached hydrogen (secondary N) is 2. The Morgan fingerprint density at radius 2 is 2.05 bits per heavy atom. The molecule has 0 saturated heterocycles. The van der Waals surface area contributed by atoms with Crippen LogP contribution in [-0.4, -0.2) is 21.0 Å². The number of sulfonamides is 1. The minimum atomic E-state index is -3.35. The highest BCUT2D eigenvalue weighted by molar-refractivity contribution is 7.91. The molecular formula is C15H26N2O2S2. The average molecular weight is 331 g/mol. The summed E-state index contributed by atoms with van der Waals surface area (Å²) >= 11 is 1.35. The Balaban J connectivity index is 1.93. The molecule has 0 amide bonds. The predicted molar refractivity (Wildman–Crippen MR) is 88.1 cm³/mol. The number of rotatable bonds is 9. The smallest absolute Gasteiger partial charge is 0.250 e. The SMILES string of the molecule is CCCC1(CNS(=O)(=O)c2ccc(CNC(C)C)s2)CC1. The molecule has 6 heteroatoms. The van der Waals surface area contributed by atoms with Gasteiger partial charge in [-0.05, 0) is 36.8 Å². The maximum atomic E-state index is 12.3. The highest BCUT2D eigenvalue weighted by Gasteiger charge is 2.42. The largest absolute Gasteiger partial charge is 0.310 e. The van der Waals surface area contributed by atoms with E-state index in [4.69, 9.17) is 0 Å². The fourth-order valence-electron chi connectivity index (χ4n) is 2.44. The third-order valence-corrected chi connectivity index (χ3v) is 6.94. The first-order valence-corrected chi connectivity index (χ1v) is 9.99. The van der Waals surface area contributed by atoms with Crippen LogP contribution in [0.1, 0.15) is 51.3 Å². The van der Waals surface area contributed by atoms with E-state index < -0.39 is 10.0 Å². The summed E-state index contributed by atoms with van der Waals surface area (Å²) in [6.07, 6.45) is 4.53. The zero-order valence-corrected chi connectivity index (χ0v) is 14.7. The molecule has 4 nitrogen and oxygen atoms in total. The predicted octanol–water partition coefficient (Wildman–Crippen LogP) is 3.10. The zero-order chi connectivity index (χ0) is 15.5. The van der Waals surface area contributed by atoms with Crippen LogP contribution in [0.3, 0.4) is 0 Å². The molecule has 1 saturated carbocycles. The van der Waals surface area contributed by atoms with Gasteiger partial charge in [-0.2, -0.15) is 0 Å². The van der Waals surface area contributed by atoms with Crippen LogP contribution in [0.15, 0.2) is 16.3 Å². The lowest BCUT2D eigenvalue weighted by Crippen LogP contribution is -2.29. The van der Waals surface area contributed by atoms with Gasteiger partial charge in [0.2, 0.25) is 10.0 Å². The summed E-state index contributed by atoms with van der Waals surface area (Å²) in [7, 11) is -3.35. The van der Waals surface area contributed by atoms with Crippen LogP contribution in [0, 0.1) is 5.41 Å². The van der Waals surface area contributed by atoms with Gasteiger partial charge in [-0.1, -0.05) is 27.2 Å². The van der Waals surface area contributed by atoms with E-state index in [1.165, 1.54) is 11.3 Å². The Labute approximate surface area is 132 Å². The molecule has 1 aliphatic rings. The first kappa shape index (κ1) is 16.9. The quantitative estimate of drug-likeness (QED) is 0.731. The fraction of sp³-hybridized carbons (Fsp3) is 0.733. The lowest BCUT2D eigenvalue weighted by Gasteiger charge is -2.14. The van der Waals surface area contributed by atoms with Crippen molar-refractivity contribution in [2.45, 2.75) is 63.3 Å². The molecule has 0 unspecified atom stereocenters. The van der Waals surface area contributed by atoms with E-state index in [-0.39, 0.29) is 5.41 Å². The van der Waals surface area contributed by atoms with Crippen molar-refractivity contribution in [3.63, 3.8) is 0 Å². The number of thiophene rings is 1. The van der Waals surface area contributed by atoms with Crippen LogP contribution in [0.5, 0.6) is 0 Å². The van der Waals surface area contributed by atoms with Crippen LogP contribution >= 0.6 is 11.3 Å². The Morgan fingerprint density at radius 3 is 2.62 bits per heavy atom. The van der Waals surface area contributed by atoms with E-state index in [1.54, 1.807) is 6.07 Å². The third-order valence-electron chi connectivity index (χ3n) is 3.96. The van der Waals surface area contributed by atoms with Gasteiger partial charge in [-0.3, -0.25) is 0 Å². The fourth-order valence-corrected chi connectivity index (χ4v) is 4.95. The van der Waals surface area contributed by atoms with Crippen LogP contribution in [0.25, 0.3) is 0 Å². The maximum absolute atomic E-state index is 12.3. The van der Waals surface area contributed by atoms with Crippen LogP contribution in [0.4, 0.5) is 0 Å². The van der Waals surface area contributed by atoms with Crippen molar-refractivity contribution in [3.05, 3.63) is 17.0 Å². The van der Waals surface area contributed by atoms with E-state index in [1.807, 2.05) is 6.07 Å². The number of hydrogen-bond donors (Lipinski definition) is 2. The lowest BCUT2D eigenvalue weighted by atomic mass is 10.0. The Bertz CT molecular complexity index is 560. The van der Waals surface area contributed by atoms with E-state index >= 15 is 0 Å². The Morgan fingerprint density at radius 1 is 1.33 bits per heavy atom. The molecule has 2 rings (SSSR count). The normalized spacial score (nSPS) is 17.3. The molecule has 0 aromatic carbocycles. The van der Waals surface area contributed by atoms with Gasteiger partial charge >= 0.3 is 0 Å². The summed E-state index contributed by atoms with van der Waals surface area (Å²) in [6, 6.07) is 4.01. The maximum Gasteiger partial charge on any atom is 0.250 e. The van der Waals surface area contributed by atoms with Gasteiger partial charge in [0, 0.05) is 24.0 Å². The van der Waals surface area contributed by atoms with Gasteiger partial charge in [0.25, 0.3) is 0 Å². The summed E-state index contributed by atoms with van der Waals surface area (Å²) in [6.45, 7) is 7.62. The summed E-state index contributed by atoms with van der Waals surface area (Å²) in [5.41, 5.74) is 0.237. The average Bonchev–Trinajstić information content (AvgIpc) is 3.01. The lowest BCUT2D eigenvalue weighted by molar-refractivity contribution is 0.449. The van der Waals surface area contributed by atoms with Gasteiger partial charge < -0.3 is 5.32 Å². The van der Waals surface area contributed by atoms with Gasteiger partial charge in [-0.25, -0.2) is 13.1 Å². The summed E-state index contributed by atoms with van der Waals surface area (Å²) < 4.78 is 27.9. The molecule has 1 heterocycles. The zero-order valence-electron chi connectivity index (χ0n) is 13.1. The second-order valence-electron chi connectivity index (χ2n) is 6.33. The summed E-state index contributed by atoms with van der Waals surface area (Å²) in [5.74, 6) is 0. The standard InChI is InChI=1S/C15H26N2O2S2/c1-4-7-15(8-9-15)11-17-21(18,19)14-6-5-13(20-14)10-16-12(2)3/h5-6,12,16-17H,4,7-11H2,1-3H3. The second kappa shape index (κ2) is 6.77. The van der Waals surface area contributed by atoms with Gasteiger partial charge in [-0.15, -0.1) is 11.3 Å². The Hall–Kier alpha value is -0.430. The first-order chi connectivity index (χ1) is 9.87. The van der Waals surface area contributed by atoms with Gasteiger partial charge in [0.15, 0.2) is 0 Å². The van der Waals surface area contributed by atoms with Crippen molar-refractivity contribution in [1.82, 2.24) is 10.0 Å². The minimum absolute atomic E-state index is 0.237. The van der Waals surface area contributed by atoms with Crippen LogP contribution in [0.2, 0.25) is 0 Å². The number of hydrogen-bond acceptors (Lipinski definition) is 4. The van der Waals surface area contributed by atoms with Crippen molar-refractivity contribution in [2.75, 3.05) is 6.54 Å². The monoisotopic (exact) mass is 330 g/mol. The molecule has 21 heavy (non-hydrogen) atoms. The molecule has 1 aromatic heterocycles. The van der Waals surface area contributed by atoms with Gasteiger partial charge in [0.1, 0.15) is 4.21 Å². The van der Waals surface area contributed by atoms with Crippen molar-refractivity contribution >= 4 is 21.4 Å². The van der Waals surface area contributed by atoms with Crippen molar-refractivity contribution in [3.8, 4) is 0 Å². The van der Waals surface area contributed by atoms with E-state index in [9.17, 15) is 8.42 Å². The molecule has 2 N–H and O–H groups in total. The molecule has 0 atom stereocenters. The summed E-state index contributed by atoms with van der Waals surface area (Å²) in [4.78, 5) is 1.05. The highest BCUT2D eigenvalue weighted by Crippen LogP contribution is 2.49. The van der Waals surface area contributed by atoms with E-state index in [0.717, 1.165) is 37.1 Å². The highest BCUT2D eigenvalue weighted by atomic mass is 32.2. The molecule has 0 bridgehead atoms. The molecule has 0 aliphatic heterocycles. The van der Waals surface area contributed by atoms with Crippen molar-refractivity contribution in [1.29, 1.82) is 0 Å². The van der Waals surface area contributed by atoms with E-state index in [2.05, 4.69) is 30.8 Å². The van der Waals surface area contributed by atoms with Crippen LogP contribution < -0.4 is 10.0 Å². The van der Waals surface area contributed by atoms with Crippen molar-refractivity contribution in [2.24, 2.45) is 5.41 Å². The molecule has 0 radical (unpaired) electrons. The summed E-state index contributed by atoms with van der Waals surface area (Å²) in [5, 5.41) is 3.30. The molecule has 0 spiro atoms. The molecule has 120 valence electrons. The Kier molecular flexibility index (Phi) is 5.46.